The van der Waals surface area contributed by atoms with Crippen molar-refractivity contribution in [3.8, 4) is 5.75 Å². The average Bonchev–Trinajstić information content (AvgIpc) is 2.89. The van der Waals surface area contributed by atoms with Crippen LogP contribution in [0.15, 0.2) is 23.0 Å². The molecule has 0 spiro atoms. The minimum absolute atomic E-state index is 0.00696. The van der Waals surface area contributed by atoms with E-state index in [1.54, 1.807) is 19.0 Å². The lowest BCUT2D eigenvalue weighted by atomic mass is 9.57. The monoisotopic (exact) mass is 562 g/mol. The molecule has 3 aliphatic carbocycles. The van der Waals surface area contributed by atoms with Gasteiger partial charge in [0.2, 0.25) is 11.8 Å². The number of rotatable bonds is 9. The molecule has 12 nitrogen and oxygen atoms in total. The number of primary amides is 1. The third-order valence-electron chi connectivity index (χ3n) is 8.14. The van der Waals surface area contributed by atoms with Gasteiger partial charge in [-0.05, 0) is 32.9 Å². The van der Waals surface area contributed by atoms with E-state index in [2.05, 4.69) is 10.6 Å². The number of hydrogen-bond acceptors (Lipinski definition) is 10. The van der Waals surface area contributed by atoms with Gasteiger partial charge in [-0.3, -0.25) is 19.3 Å². The standard InChI is InChI=1S/C27H35FN4O8/c1-32(2)21-15-8-12-7-13-16(28)9-17(31-18(33)11-30-5-6-39-3)23(35)20(13)24(36)19(12)25(37)27(15,40-4)10-14(22(21)34)26(29)38/h9,12,15,21,30,34-36H,5-8,10-11H2,1-4H3,(H2,29,38)(H,31,33)/t12-,15-,21-,27-/m0/s1. The van der Waals surface area contributed by atoms with Gasteiger partial charge in [0, 0.05) is 50.3 Å². The second kappa shape index (κ2) is 11.2. The molecule has 4 atom stereocenters. The number of phenolic OH excluding ortho intramolecular Hbond substituents is 1. The largest absolute Gasteiger partial charge is 0.510 e. The number of aliphatic hydroxyl groups is 2. The molecule has 0 saturated heterocycles. The molecule has 4 rings (SSSR count). The number of nitrogens with zero attached hydrogens (tertiary/aromatic N) is 1. The molecular formula is C27H35FN4O8. The number of nitrogens with one attached hydrogen (secondary N) is 2. The molecule has 1 aromatic carbocycles. The highest BCUT2D eigenvalue weighted by molar-refractivity contribution is 6.11. The number of carbonyl (C=O) groups is 3. The van der Waals surface area contributed by atoms with Gasteiger partial charge < -0.3 is 41.2 Å². The number of likely N-dealkylation sites (N-methyl/N-ethyl adjacent to an activating group) is 1. The van der Waals surface area contributed by atoms with Crippen molar-refractivity contribution in [2.45, 2.75) is 30.9 Å². The Kier molecular flexibility index (Phi) is 8.22. The Bertz CT molecular complexity index is 1310. The lowest BCUT2D eigenvalue weighted by molar-refractivity contribution is -0.157. The van der Waals surface area contributed by atoms with Crippen molar-refractivity contribution in [1.82, 2.24) is 10.2 Å². The van der Waals surface area contributed by atoms with Gasteiger partial charge >= 0.3 is 0 Å². The molecule has 0 aromatic heterocycles. The van der Waals surface area contributed by atoms with Gasteiger partial charge in [0.25, 0.3) is 0 Å². The van der Waals surface area contributed by atoms with E-state index >= 15 is 4.39 Å². The Labute approximate surface area is 230 Å². The van der Waals surface area contributed by atoms with Crippen LogP contribution in [0.25, 0.3) is 5.76 Å². The fourth-order valence-corrected chi connectivity index (χ4v) is 6.32. The van der Waals surface area contributed by atoms with Gasteiger partial charge in [0.1, 0.15) is 22.9 Å². The van der Waals surface area contributed by atoms with Crippen molar-refractivity contribution >= 4 is 29.0 Å². The molecular weight excluding hydrogens is 527 g/mol. The number of fused-ring (bicyclic) bond motifs is 3. The first-order valence-corrected chi connectivity index (χ1v) is 12.8. The zero-order chi connectivity index (χ0) is 29.5. The highest BCUT2D eigenvalue weighted by Gasteiger charge is 2.61. The Balaban J connectivity index is 1.77. The number of anilines is 1. The zero-order valence-corrected chi connectivity index (χ0v) is 22.8. The second-order valence-corrected chi connectivity index (χ2v) is 10.6. The normalized spacial score (nSPS) is 25.9. The predicted octanol–water partition coefficient (Wildman–Crippen LogP) is 0.753. The summed E-state index contributed by atoms with van der Waals surface area (Å²) in [5, 5.41) is 38.6. The molecule has 1 fully saturated rings. The highest BCUT2D eigenvalue weighted by Crippen LogP contribution is 2.55. The Hall–Kier alpha value is -3.52. The fourth-order valence-electron chi connectivity index (χ4n) is 6.32. The van der Waals surface area contributed by atoms with Crippen molar-refractivity contribution in [3.05, 3.63) is 39.9 Å². The molecule has 0 bridgehead atoms. The molecule has 2 amide bonds. The number of ether oxygens (including phenoxy) is 2. The number of aliphatic hydroxyl groups excluding tert-OH is 2. The molecule has 218 valence electrons. The Morgan fingerprint density at radius 3 is 2.55 bits per heavy atom. The van der Waals surface area contributed by atoms with E-state index in [9.17, 15) is 29.7 Å². The van der Waals surface area contributed by atoms with Crippen LogP contribution in [0.5, 0.6) is 5.75 Å². The molecule has 0 radical (unpaired) electrons. The van der Waals surface area contributed by atoms with Crippen LogP contribution >= 0.6 is 0 Å². The van der Waals surface area contributed by atoms with Gasteiger partial charge in [-0.2, -0.15) is 0 Å². The Morgan fingerprint density at radius 2 is 1.95 bits per heavy atom. The number of phenols is 1. The third-order valence-corrected chi connectivity index (χ3v) is 8.14. The molecule has 1 aromatic rings. The minimum atomic E-state index is -1.66. The van der Waals surface area contributed by atoms with Gasteiger partial charge in [0.05, 0.1) is 36.0 Å². The molecule has 0 heterocycles. The summed E-state index contributed by atoms with van der Waals surface area (Å²) in [5.74, 6) is -5.68. The van der Waals surface area contributed by atoms with Gasteiger partial charge in [-0.15, -0.1) is 0 Å². The van der Waals surface area contributed by atoms with Crippen molar-refractivity contribution < 1.29 is 43.6 Å². The minimum Gasteiger partial charge on any atom is -0.510 e. The van der Waals surface area contributed by atoms with E-state index in [4.69, 9.17) is 15.2 Å². The van der Waals surface area contributed by atoms with Gasteiger partial charge in [-0.1, -0.05) is 0 Å². The number of nitrogens with two attached hydrogens (primary N) is 1. The summed E-state index contributed by atoms with van der Waals surface area (Å²) < 4.78 is 26.1. The SMILES string of the molecule is COCCNCC(=O)Nc1cc(F)c2c(c1O)C(O)=C1C(=O)[C@]3(OC)CC(C(N)=O)=C(O)[C@@H](N(C)C)[C@@H]3C[C@@H]1C2. The predicted molar refractivity (Wildman–Crippen MR) is 142 cm³/mol. The summed E-state index contributed by atoms with van der Waals surface area (Å²) in [7, 11) is 6.17. The van der Waals surface area contributed by atoms with Crippen LogP contribution in [0.1, 0.15) is 24.0 Å². The van der Waals surface area contributed by atoms with Crippen LogP contribution in [0, 0.1) is 17.7 Å². The zero-order valence-electron chi connectivity index (χ0n) is 22.8. The van der Waals surface area contributed by atoms with E-state index in [0.29, 0.717) is 13.2 Å². The Morgan fingerprint density at radius 1 is 1.25 bits per heavy atom. The van der Waals surface area contributed by atoms with Crippen LogP contribution in [0.4, 0.5) is 10.1 Å². The van der Waals surface area contributed by atoms with E-state index in [-0.39, 0.29) is 59.5 Å². The van der Waals surface area contributed by atoms with Crippen LogP contribution in [0.3, 0.4) is 0 Å². The van der Waals surface area contributed by atoms with Crippen LogP contribution in [-0.4, -0.2) is 97.5 Å². The van der Waals surface area contributed by atoms with Crippen molar-refractivity contribution in [2.75, 3.05) is 53.3 Å². The maximum atomic E-state index is 15.4. The first kappa shape index (κ1) is 29.5. The van der Waals surface area contributed by atoms with Gasteiger partial charge in [0.15, 0.2) is 11.5 Å². The molecule has 7 N–H and O–H groups in total. The number of carbonyl (C=O) groups excluding carboxylic acids is 3. The summed E-state index contributed by atoms with van der Waals surface area (Å²) in [6, 6.07) is 0.166. The number of methoxy groups -OCH3 is 2. The maximum Gasteiger partial charge on any atom is 0.248 e. The number of benzene rings is 1. The number of ketones is 1. The maximum absolute atomic E-state index is 15.4. The fraction of sp³-hybridized carbons (Fsp3) is 0.519. The van der Waals surface area contributed by atoms with Crippen molar-refractivity contribution in [1.29, 1.82) is 0 Å². The van der Waals surface area contributed by atoms with Gasteiger partial charge in [-0.25, -0.2) is 4.39 Å². The average molecular weight is 563 g/mol. The second-order valence-electron chi connectivity index (χ2n) is 10.6. The smallest absolute Gasteiger partial charge is 0.248 e. The topological polar surface area (TPSA) is 184 Å². The van der Waals surface area contributed by atoms with Crippen LogP contribution in [0.2, 0.25) is 0 Å². The number of Topliss-reactive ketones (excluding diaryl/α,β-unsaturated/α-hetero) is 1. The highest BCUT2D eigenvalue weighted by atomic mass is 19.1. The van der Waals surface area contributed by atoms with E-state index < -0.39 is 58.4 Å². The lowest BCUT2D eigenvalue weighted by Crippen LogP contribution is -2.63. The molecule has 40 heavy (non-hydrogen) atoms. The van der Waals surface area contributed by atoms with Crippen molar-refractivity contribution in [2.24, 2.45) is 17.6 Å². The molecule has 0 unspecified atom stereocenters. The summed E-state index contributed by atoms with van der Waals surface area (Å²) in [6.45, 7) is 0.632. The third kappa shape index (κ3) is 4.72. The van der Waals surface area contributed by atoms with Crippen LogP contribution < -0.4 is 16.4 Å². The molecule has 0 aliphatic heterocycles. The first-order valence-electron chi connectivity index (χ1n) is 12.8. The summed E-state index contributed by atoms with van der Waals surface area (Å²) in [5.41, 5.74) is 3.09. The molecule has 13 heteroatoms. The van der Waals surface area contributed by atoms with E-state index in [1.807, 2.05) is 0 Å². The first-order chi connectivity index (χ1) is 18.9. The number of hydrogen-bond donors (Lipinski definition) is 6. The van der Waals surface area contributed by atoms with Crippen LogP contribution in [-0.2, 0) is 30.3 Å². The molecule has 1 saturated carbocycles. The van der Waals surface area contributed by atoms with E-state index in [1.165, 1.54) is 14.2 Å². The quantitative estimate of drug-likeness (QED) is 0.185. The number of halogens is 1. The number of aromatic hydroxyl groups is 1. The van der Waals surface area contributed by atoms with Crippen molar-refractivity contribution in [3.63, 3.8) is 0 Å². The lowest BCUT2D eigenvalue weighted by Gasteiger charge is -2.52. The summed E-state index contributed by atoms with van der Waals surface area (Å²) in [4.78, 5) is 40.4. The van der Waals surface area contributed by atoms with E-state index in [0.717, 1.165) is 6.07 Å². The summed E-state index contributed by atoms with van der Waals surface area (Å²) >= 11 is 0. The molecule has 3 aliphatic rings. The summed E-state index contributed by atoms with van der Waals surface area (Å²) in [6.07, 6.45) is -0.152. The number of amides is 2.